The summed E-state index contributed by atoms with van der Waals surface area (Å²) >= 11 is 0. The van der Waals surface area contributed by atoms with Crippen LogP contribution in [0, 0.1) is 23.7 Å². The zero-order valence-electron chi connectivity index (χ0n) is 26.5. The SMILES string of the molecule is CCCCCCCCCCCCc1cnc(CCC2CCC(C3CCC(CCCCCCC)CC3)CC2)nc1. The van der Waals surface area contributed by atoms with Gasteiger partial charge in [0, 0.05) is 18.8 Å². The van der Waals surface area contributed by atoms with Crippen LogP contribution in [0.4, 0.5) is 0 Å². The highest BCUT2D eigenvalue weighted by Crippen LogP contribution is 2.43. The molecule has 2 aliphatic rings. The lowest BCUT2D eigenvalue weighted by Crippen LogP contribution is -2.26. The Morgan fingerprint density at radius 2 is 0.923 bits per heavy atom. The molecule has 1 aromatic heterocycles. The van der Waals surface area contributed by atoms with Gasteiger partial charge in [0.1, 0.15) is 5.82 Å². The van der Waals surface area contributed by atoms with Crippen molar-refractivity contribution < 1.29 is 0 Å². The summed E-state index contributed by atoms with van der Waals surface area (Å²) in [5.74, 6) is 5.13. The summed E-state index contributed by atoms with van der Waals surface area (Å²) < 4.78 is 0. The predicted molar refractivity (Wildman–Crippen MR) is 170 cm³/mol. The number of rotatable bonds is 21. The Hall–Kier alpha value is -0.920. The fourth-order valence-corrected chi connectivity index (χ4v) is 7.72. The van der Waals surface area contributed by atoms with Gasteiger partial charge in [-0.15, -0.1) is 0 Å². The van der Waals surface area contributed by atoms with Crippen LogP contribution in [0.1, 0.15) is 186 Å². The first-order valence-corrected chi connectivity index (χ1v) is 18.1. The molecule has 2 saturated carbocycles. The van der Waals surface area contributed by atoms with E-state index in [1.807, 2.05) is 0 Å². The largest absolute Gasteiger partial charge is 0.241 e. The molecule has 0 unspecified atom stereocenters. The first kappa shape index (κ1) is 32.6. The molecule has 2 nitrogen and oxygen atoms in total. The van der Waals surface area contributed by atoms with Gasteiger partial charge in [-0.05, 0) is 74.2 Å². The minimum Gasteiger partial charge on any atom is -0.241 e. The maximum Gasteiger partial charge on any atom is 0.128 e. The van der Waals surface area contributed by atoms with E-state index in [4.69, 9.17) is 9.97 Å². The van der Waals surface area contributed by atoms with Gasteiger partial charge in [-0.3, -0.25) is 0 Å². The molecule has 0 radical (unpaired) electrons. The minimum absolute atomic E-state index is 0.913. The Kier molecular flexibility index (Phi) is 17.5. The molecule has 1 heterocycles. The lowest BCUT2D eigenvalue weighted by atomic mass is 9.68. The lowest BCUT2D eigenvalue weighted by molar-refractivity contribution is 0.140. The molecule has 0 bridgehead atoms. The van der Waals surface area contributed by atoms with E-state index in [1.165, 1.54) is 166 Å². The molecule has 1 aromatic rings. The first-order chi connectivity index (χ1) is 19.3. The highest BCUT2D eigenvalue weighted by Gasteiger charge is 2.30. The molecule has 2 fully saturated rings. The lowest BCUT2D eigenvalue weighted by Gasteiger charge is -2.38. The Morgan fingerprint density at radius 1 is 0.487 bits per heavy atom. The molecule has 224 valence electrons. The van der Waals surface area contributed by atoms with Crippen molar-refractivity contribution in [3.63, 3.8) is 0 Å². The van der Waals surface area contributed by atoms with Crippen LogP contribution < -0.4 is 0 Å². The fraction of sp³-hybridized carbons (Fsp3) is 0.892. The first-order valence-electron chi connectivity index (χ1n) is 18.1. The number of nitrogens with zero attached hydrogens (tertiary/aromatic N) is 2. The van der Waals surface area contributed by atoms with Gasteiger partial charge in [0.15, 0.2) is 0 Å². The summed E-state index contributed by atoms with van der Waals surface area (Å²) in [6.07, 6.45) is 42.6. The van der Waals surface area contributed by atoms with Crippen LogP contribution in [0.15, 0.2) is 12.4 Å². The fourth-order valence-electron chi connectivity index (χ4n) is 7.72. The molecule has 0 saturated heterocycles. The monoisotopic (exact) mass is 539 g/mol. The van der Waals surface area contributed by atoms with Crippen molar-refractivity contribution in [1.82, 2.24) is 9.97 Å². The highest BCUT2D eigenvalue weighted by atomic mass is 14.9. The van der Waals surface area contributed by atoms with Crippen LogP contribution in [0.25, 0.3) is 0 Å². The molecule has 0 aliphatic heterocycles. The van der Waals surface area contributed by atoms with E-state index in [2.05, 4.69) is 26.2 Å². The number of aromatic nitrogens is 2. The van der Waals surface area contributed by atoms with Crippen molar-refractivity contribution in [2.75, 3.05) is 0 Å². The van der Waals surface area contributed by atoms with E-state index < -0.39 is 0 Å². The molecule has 0 N–H and O–H groups in total. The molecule has 3 rings (SSSR count). The van der Waals surface area contributed by atoms with Crippen LogP contribution >= 0.6 is 0 Å². The smallest absolute Gasteiger partial charge is 0.128 e. The van der Waals surface area contributed by atoms with Crippen LogP contribution in [0.2, 0.25) is 0 Å². The maximum absolute atomic E-state index is 4.75. The Morgan fingerprint density at radius 3 is 1.44 bits per heavy atom. The van der Waals surface area contributed by atoms with Crippen molar-refractivity contribution >= 4 is 0 Å². The number of unbranched alkanes of at least 4 members (excludes halogenated alkanes) is 13. The third kappa shape index (κ3) is 14.0. The van der Waals surface area contributed by atoms with Crippen molar-refractivity contribution in [1.29, 1.82) is 0 Å². The summed E-state index contributed by atoms with van der Waals surface area (Å²) in [6.45, 7) is 4.62. The average molecular weight is 539 g/mol. The van der Waals surface area contributed by atoms with Gasteiger partial charge in [-0.1, -0.05) is 136 Å². The van der Waals surface area contributed by atoms with Crippen molar-refractivity contribution in [3.05, 3.63) is 23.8 Å². The third-order valence-electron chi connectivity index (χ3n) is 10.5. The van der Waals surface area contributed by atoms with E-state index >= 15 is 0 Å². The summed E-state index contributed by atoms with van der Waals surface area (Å²) in [5.41, 5.74) is 1.34. The molecule has 2 aliphatic carbocycles. The van der Waals surface area contributed by atoms with Crippen LogP contribution in [0.5, 0.6) is 0 Å². The maximum atomic E-state index is 4.75. The van der Waals surface area contributed by atoms with Gasteiger partial charge >= 0.3 is 0 Å². The van der Waals surface area contributed by atoms with E-state index in [9.17, 15) is 0 Å². The van der Waals surface area contributed by atoms with E-state index in [1.54, 1.807) is 0 Å². The van der Waals surface area contributed by atoms with Gasteiger partial charge in [-0.25, -0.2) is 9.97 Å². The standard InChI is InChI=1S/C37H66N2/c1-3-5-7-9-10-11-12-13-15-17-19-34-30-38-37(39-31-34)29-24-33-22-27-36(28-23-33)35-25-20-32(21-26-35)18-16-14-8-6-4-2/h30-33,35-36H,3-29H2,1-2H3. The predicted octanol–water partition coefficient (Wildman–Crippen LogP) is 11.8. The van der Waals surface area contributed by atoms with E-state index in [-0.39, 0.29) is 0 Å². The van der Waals surface area contributed by atoms with Crippen LogP contribution in [-0.2, 0) is 12.8 Å². The second-order valence-electron chi connectivity index (χ2n) is 13.7. The zero-order chi connectivity index (χ0) is 27.4. The molecule has 0 atom stereocenters. The second-order valence-corrected chi connectivity index (χ2v) is 13.7. The zero-order valence-corrected chi connectivity index (χ0v) is 26.5. The van der Waals surface area contributed by atoms with Crippen molar-refractivity contribution in [3.8, 4) is 0 Å². The molecule has 2 heteroatoms. The number of hydrogen-bond donors (Lipinski definition) is 0. The molecule has 0 spiro atoms. The second kappa shape index (κ2) is 20.9. The number of aryl methyl sites for hydroxylation is 2. The summed E-state index contributed by atoms with van der Waals surface area (Å²) in [5, 5.41) is 0. The molecule has 0 aromatic carbocycles. The topological polar surface area (TPSA) is 25.8 Å². The Bertz CT molecular complexity index is 682. The van der Waals surface area contributed by atoms with E-state index in [0.29, 0.717) is 0 Å². The van der Waals surface area contributed by atoms with Crippen molar-refractivity contribution in [2.45, 2.75) is 187 Å². The third-order valence-corrected chi connectivity index (χ3v) is 10.5. The minimum atomic E-state index is 0.913. The highest BCUT2D eigenvalue weighted by molar-refractivity contribution is 5.05. The normalized spacial score (nSPS) is 23.7. The Labute approximate surface area is 244 Å². The number of hydrogen-bond acceptors (Lipinski definition) is 2. The molecular formula is C37H66N2. The van der Waals surface area contributed by atoms with E-state index in [0.717, 1.165) is 42.3 Å². The van der Waals surface area contributed by atoms with Gasteiger partial charge in [0.25, 0.3) is 0 Å². The molecule has 0 amide bonds. The Balaban J connectivity index is 1.18. The van der Waals surface area contributed by atoms with Crippen molar-refractivity contribution in [2.24, 2.45) is 23.7 Å². The summed E-state index contributed by atoms with van der Waals surface area (Å²) in [7, 11) is 0. The summed E-state index contributed by atoms with van der Waals surface area (Å²) in [4.78, 5) is 9.49. The molecular weight excluding hydrogens is 472 g/mol. The van der Waals surface area contributed by atoms with Gasteiger partial charge < -0.3 is 0 Å². The summed E-state index contributed by atoms with van der Waals surface area (Å²) in [6, 6.07) is 0. The van der Waals surface area contributed by atoms with Gasteiger partial charge in [-0.2, -0.15) is 0 Å². The van der Waals surface area contributed by atoms with Crippen LogP contribution in [0.3, 0.4) is 0 Å². The van der Waals surface area contributed by atoms with Gasteiger partial charge in [0.2, 0.25) is 0 Å². The average Bonchev–Trinajstić information content (AvgIpc) is 2.98. The van der Waals surface area contributed by atoms with Gasteiger partial charge in [0.05, 0.1) is 0 Å². The van der Waals surface area contributed by atoms with Crippen LogP contribution in [-0.4, -0.2) is 9.97 Å². The molecule has 39 heavy (non-hydrogen) atoms. The quantitative estimate of drug-likeness (QED) is 0.145.